The van der Waals surface area contributed by atoms with Crippen LogP contribution in [0.3, 0.4) is 0 Å². The first kappa shape index (κ1) is 20.3. The Bertz CT molecular complexity index is 598. The maximum atomic E-state index is 10.5. The van der Waals surface area contributed by atoms with Gasteiger partial charge < -0.3 is 20.4 Å². The van der Waals surface area contributed by atoms with Crippen LogP contribution in [0.1, 0.15) is 11.1 Å². The SMILES string of the molecule is Cc1ccc(SC(Sc2ccc(C)cc2)[C@H](O)[C@@H](O)[C@@H](O)CO)cc1. The minimum absolute atomic E-state index is 0.443. The Labute approximate surface area is 156 Å². The number of thioether (sulfide) groups is 2. The Kier molecular flexibility index (Phi) is 7.81. The first-order chi connectivity index (χ1) is 11.9. The molecule has 25 heavy (non-hydrogen) atoms. The van der Waals surface area contributed by atoms with Crippen molar-refractivity contribution in [2.45, 2.75) is 46.5 Å². The molecule has 2 aromatic carbocycles. The first-order valence-electron chi connectivity index (χ1n) is 8.02. The molecule has 0 radical (unpaired) electrons. The molecule has 0 bridgehead atoms. The molecule has 0 fully saturated rings. The van der Waals surface area contributed by atoms with E-state index < -0.39 is 29.5 Å². The van der Waals surface area contributed by atoms with Crippen molar-refractivity contribution < 1.29 is 20.4 Å². The van der Waals surface area contributed by atoms with E-state index in [1.54, 1.807) is 0 Å². The number of aliphatic hydroxyl groups excluding tert-OH is 4. The highest BCUT2D eigenvalue weighted by atomic mass is 32.2. The molecule has 4 nitrogen and oxygen atoms in total. The second-order valence-corrected chi connectivity index (χ2v) is 8.69. The quantitative estimate of drug-likeness (QED) is 0.416. The largest absolute Gasteiger partial charge is 0.394 e. The van der Waals surface area contributed by atoms with Crippen LogP contribution >= 0.6 is 23.5 Å². The van der Waals surface area contributed by atoms with Gasteiger partial charge in [0.2, 0.25) is 0 Å². The summed E-state index contributed by atoms with van der Waals surface area (Å²) in [5.74, 6) is 0. The summed E-state index contributed by atoms with van der Waals surface area (Å²) in [6.07, 6.45) is -4.01. The van der Waals surface area contributed by atoms with Gasteiger partial charge in [-0.15, -0.1) is 23.5 Å². The first-order valence-corrected chi connectivity index (χ1v) is 9.78. The summed E-state index contributed by atoms with van der Waals surface area (Å²) in [6.45, 7) is 3.40. The smallest absolute Gasteiger partial charge is 0.110 e. The zero-order chi connectivity index (χ0) is 18.4. The summed E-state index contributed by atoms with van der Waals surface area (Å²) in [6, 6.07) is 15.8. The van der Waals surface area contributed by atoms with Crippen molar-refractivity contribution in [3.05, 3.63) is 59.7 Å². The normalized spacial score (nSPS) is 15.2. The van der Waals surface area contributed by atoms with Crippen molar-refractivity contribution >= 4 is 23.5 Å². The lowest BCUT2D eigenvalue weighted by Gasteiger charge is -2.28. The zero-order valence-corrected chi connectivity index (χ0v) is 15.9. The summed E-state index contributed by atoms with van der Waals surface area (Å²) in [7, 11) is 0. The van der Waals surface area contributed by atoms with Crippen LogP contribution in [0, 0.1) is 13.8 Å². The predicted molar refractivity (Wildman–Crippen MR) is 103 cm³/mol. The number of hydrogen-bond donors (Lipinski definition) is 4. The minimum Gasteiger partial charge on any atom is -0.394 e. The molecular formula is C19H24O4S2. The molecule has 3 atom stereocenters. The fraction of sp³-hybridized carbons (Fsp3) is 0.368. The summed E-state index contributed by atoms with van der Waals surface area (Å²) in [4.78, 5) is 1.92. The van der Waals surface area contributed by atoms with E-state index in [-0.39, 0.29) is 0 Å². The standard InChI is InChI=1S/C19H24O4S2/c1-12-3-7-14(8-4-12)24-19(18(23)17(22)16(21)11-20)25-15-9-5-13(2)6-10-15/h3-10,16-23H,11H2,1-2H3/t16-,17-,18+/m0/s1. The van der Waals surface area contributed by atoms with Crippen LogP contribution in [-0.2, 0) is 0 Å². The molecule has 0 aliphatic heterocycles. The highest BCUT2D eigenvalue weighted by Gasteiger charge is 2.32. The number of rotatable bonds is 8. The highest BCUT2D eigenvalue weighted by Crippen LogP contribution is 2.39. The van der Waals surface area contributed by atoms with Crippen LogP contribution in [0.4, 0.5) is 0 Å². The summed E-state index contributed by atoms with van der Waals surface area (Å²) < 4.78 is -0.443. The van der Waals surface area contributed by atoms with E-state index in [1.807, 2.05) is 62.4 Å². The van der Waals surface area contributed by atoms with Gasteiger partial charge in [-0.3, -0.25) is 0 Å². The minimum atomic E-state index is -1.43. The van der Waals surface area contributed by atoms with Crippen molar-refractivity contribution in [1.82, 2.24) is 0 Å². The lowest BCUT2D eigenvalue weighted by Crippen LogP contribution is -2.43. The molecule has 2 rings (SSSR count). The molecule has 0 aliphatic rings. The molecule has 0 heterocycles. The predicted octanol–water partition coefficient (Wildman–Crippen LogP) is 2.59. The molecule has 4 N–H and O–H groups in total. The van der Waals surface area contributed by atoms with Crippen LogP contribution in [0.25, 0.3) is 0 Å². The van der Waals surface area contributed by atoms with E-state index in [0.29, 0.717) is 0 Å². The average Bonchev–Trinajstić information content (AvgIpc) is 2.62. The van der Waals surface area contributed by atoms with Crippen molar-refractivity contribution in [2.24, 2.45) is 0 Å². The molecule has 0 aliphatic carbocycles. The molecule has 6 heteroatoms. The molecule has 0 saturated heterocycles. The van der Waals surface area contributed by atoms with Gasteiger partial charge in [-0.1, -0.05) is 35.4 Å². The third-order valence-electron chi connectivity index (χ3n) is 3.76. The van der Waals surface area contributed by atoms with Crippen LogP contribution < -0.4 is 0 Å². The van der Waals surface area contributed by atoms with Crippen molar-refractivity contribution in [3.63, 3.8) is 0 Å². The lowest BCUT2D eigenvalue weighted by molar-refractivity contribution is -0.0706. The van der Waals surface area contributed by atoms with Crippen molar-refractivity contribution in [3.8, 4) is 0 Å². The second kappa shape index (κ2) is 9.62. The fourth-order valence-corrected chi connectivity index (χ4v) is 4.74. The van der Waals surface area contributed by atoms with Crippen molar-refractivity contribution in [2.75, 3.05) is 6.61 Å². The van der Waals surface area contributed by atoms with Gasteiger partial charge in [0.15, 0.2) is 0 Å². The maximum absolute atomic E-state index is 10.5. The van der Waals surface area contributed by atoms with Gasteiger partial charge in [-0.2, -0.15) is 0 Å². The third-order valence-corrected chi connectivity index (χ3v) is 6.44. The summed E-state index contributed by atoms with van der Waals surface area (Å²) in [5, 5.41) is 39.4. The number of aliphatic hydroxyl groups is 4. The van der Waals surface area contributed by atoms with Gasteiger partial charge in [0.05, 0.1) is 11.2 Å². The molecule has 0 unspecified atom stereocenters. The summed E-state index contributed by atoms with van der Waals surface area (Å²) in [5.41, 5.74) is 2.28. The van der Waals surface area contributed by atoms with Gasteiger partial charge in [0.1, 0.15) is 18.3 Å². The van der Waals surface area contributed by atoms with E-state index in [9.17, 15) is 15.3 Å². The Balaban J connectivity index is 2.19. The van der Waals surface area contributed by atoms with E-state index in [0.717, 1.165) is 20.9 Å². The van der Waals surface area contributed by atoms with Crippen molar-refractivity contribution in [1.29, 1.82) is 0 Å². The van der Waals surface area contributed by atoms with E-state index in [4.69, 9.17) is 5.11 Å². The Morgan fingerprint density at radius 3 is 1.48 bits per heavy atom. The lowest BCUT2D eigenvalue weighted by atomic mass is 10.1. The number of hydrogen-bond acceptors (Lipinski definition) is 6. The van der Waals surface area contributed by atoms with Gasteiger partial charge in [0.25, 0.3) is 0 Å². The van der Waals surface area contributed by atoms with Gasteiger partial charge >= 0.3 is 0 Å². The van der Waals surface area contributed by atoms with E-state index in [1.165, 1.54) is 23.5 Å². The van der Waals surface area contributed by atoms with Crippen LogP contribution in [0.15, 0.2) is 58.3 Å². The van der Waals surface area contributed by atoms with E-state index >= 15 is 0 Å². The number of aryl methyl sites for hydroxylation is 2. The van der Waals surface area contributed by atoms with Crippen LogP contribution in [0.2, 0.25) is 0 Å². The monoisotopic (exact) mass is 380 g/mol. The van der Waals surface area contributed by atoms with Crippen LogP contribution in [0.5, 0.6) is 0 Å². The molecule has 0 amide bonds. The molecule has 0 saturated carbocycles. The topological polar surface area (TPSA) is 80.9 Å². The zero-order valence-electron chi connectivity index (χ0n) is 14.2. The molecule has 0 spiro atoms. The maximum Gasteiger partial charge on any atom is 0.110 e. The fourth-order valence-electron chi connectivity index (χ4n) is 2.16. The second-order valence-electron chi connectivity index (χ2n) is 5.96. The average molecular weight is 381 g/mol. The van der Waals surface area contributed by atoms with Crippen LogP contribution in [-0.4, -0.2) is 49.9 Å². The Morgan fingerprint density at radius 1 is 0.720 bits per heavy atom. The Hall–Kier alpha value is -1.02. The van der Waals surface area contributed by atoms with E-state index in [2.05, 4.69) is 0 Å². The Morgan fingerprint density at radius 2 is 1.12 bits per heavy atom. The molecule has 0 aromatic heterocycles. The van der Waals surface area contributed by atoms with Gasteiger partial charge in [0, 0.05) is 9.79 Å². The highest BCUT2D eigenvalue weighted by molar-refractivity contribution is 8.17. The molecular weight excluding hydrogens is 356 g/mol. The number of benzene rings is 2. The van der Waals surface area contributed by atoms with Gasteiger partial charge in [-0.05, 0) is 38.1 Å². The van der Waals surface area contributed by atoms with Gasteiger partial charge in [-0.25, -0.2) is 0 Å². The molecule has 136 valence electrons. The molecule has 2 aromatic rings. The third kappa shape index (κ3) is 6.02. The summed E-state index contributed by atoms with van der Waals surface area (Å²) >= 11 is 2.84.